The minimum Gasteiger partial charge on any atom is -0.195 e. The van der Waals surface area contributed by atoms with Crippen LogP contribution in [-0.4, -0.2) is 43.2 Å². The van der Waals surface area contributed by atoms with Crippen molar-refractivity contribution in [1.82, 2.24) is 8.61 Å². The van der Waals surface area contributed by atoms with E-state index in [1.54, 1.807) is 0 Å². The molecule has 5 heteroatoms. The van der Waals surface area contributed by atoms with Gasteiger partial charge in [0.2, 0.25) is 0 Å². The molecule has 120 valence electrons. The summed E-state index contributed by atoms with van der Waals surface area (Å²) in [7, 11) is -3.62. The summed E-state index contributed by atoms with van der Waals surface area (Å²) < 4.78 is 28.5. The Balaban J connectivity index is 5.53. The molecule has 0 spiro atoms. The highest BCUT2D eigenvalue weighted by Crippen LogP contribution is 2.15. The third kappa shape index (κ3) is 7.41. The third-order valence-electron chi connectivity index (χ3n) is 2.44. The summed E-state index contributed by atoms with van der Waals surface area (Å²) in [5.74, 6) is 0. The van der Waals surface area contributed by atoms with Gasteiger partial charge in [-0.05, 0) is 27.7 Å². The van der Waals surface area contributed by atoms with E-state index in [2.05, 4.69) is 26.3 Å². The van der Waals surface area contributed by atoms with Gasteiger partial charge in [0, 0.05) is 26.2 Å². The average molecular weight is 312 g/mol. The second-order valence-electron chi connectivity index (χ2n) is 5.87. The van der Waals surface area contributed by atoms with Gasteiger partial charge in [-0.1, -0.05) is 48.6 Å². The standard InChI is InChI=1S/C16H28N2O2S/c1-13(2)9-17(10-14(3)4)21(19,20)18(11-15(5)6)12-16(7)8/h1,3,5,7,9-12H2,2,4,6,8H3. The van der Waals surface area contributed by atoms with Crippen molar-refractivity contribution in [1.29, 1.82) is 0 Å². The SMILES string of the molecule is C=C(C)CN(CC(=C)C)S(=O)(=O)N(CC(=C)C)CC(=C)C. The molecule has 0 bridgehead atoms. The van der Waals surface area contributed by atoms with Gasteiger partial charge < -0.3 is 0 Å². The van der Waals surface area contributed by atoms with E-state index in [1.807, 2.05) is 27.7 Å². The molecule has 0 saturated heterocycles. The normalized spacial score (nSPS) is 11.7. The molecule has 0 aromatic rings. The Bertz CT molecular complexity index is 458. The average Bonchev–Trinajstić information content (AvgIpc) is 2.24. The van der Waals surface area contributed by atoms with E-state index >= 15 is 0 Å². The summed E-state index contributed by atoms with van der Waals surface area (Å²) in [6, 6.07) is 0. The molecule has 0 aromatic carbocycles. The lowest BCUT2D eigenvalue weighted by molar-refractivity contribution is 0.380. The first-order valence-corrected chi connectivity index (χ1v) is 8.19. The minimum atomic E-state index is -3.62. The van der Waals surface area contributed by atoms with Gasteiger partial charge in [-0.2, -0.15) is 17.0 Å². The first kappa shape index (κ1) is 19.8. The van der Waals surface area contributed by atoms with Crippen molar-refractivity contribution in [2.24, 2.45) is 0 Å². The van der Waals surface area contributed by atoms with Crippen molar-refractivity contribution in [2.75, 3.05) is 26.2 Å². The zero-order valence-electron chi connectivity index (χ0n) is 13.8. The summed E-state index contributed by atoms with van der Waals surface area (Å²) in [4.78, 5) is 0. The van der Waals surface area contributed by atoms with Crippen LogP contribution in [-0.2, 0) is 10.2 Å². The fourth-order valence-corrected chi connectivity index (χ4v) is 3.67. The van der Waals surface area contributed by atoms with Crippen LogP contribution in [0.15, 0.2) is 48.6 Å². The maximum atomic E-state index is 12.9. The highest BCUT2D eigenvalue weighted by atomic mass is 32.2. The van der Waals surface area contributed by atoms with Gasteiger partial charge in [-0.25, -0.2) is 0 Å². The van der Waals surface area contributed by atoms with E-state index in [1.165, 1.54) is 8.61 Å². The highest BCUT2D eigenvalue weighted by molar-refractivity contribution is 7.86. The van der Waals surface area contributed by atoms with Crippen LogP contribution in [0.25, 0.3) is 0 Å². The van der Waals surface area contributed by atoms with Gasteiger partial charge in [0.25, 0.3) is 10.2 Å². The molecule has 0 aliphatic carbocycles. The Kier molecular flexibility index (Phi) is 7.85. The number of nitrogens with zero attached hydrogens (tertiary/aromatic N) is 2. The molecule has 0 fully saturated rings. The zero-order valence-corrected chi connectivity index (χ0v) is 14.6. The molecule has 0 amide bonds. The van der Waals surface area contributed by atoms with Gasteiger partial charge in [0.05, 0.1) is 0 Å². The van der Waals surface area contributed by atoms with E-state index in [0.29, 0.717) is 0 Å². The Hall–Kier alpha value is -1.17. The minimum absolute atomic E-state index is 0.276. The molecule has 0 aromatic heterocycles. The van der Waals surface area contributed by atoms with Crippen LogP contribution in [0.4, 0.5) is 0 Å². The van der Waals surface area contributed by atoms with Crippen LogP contribution in [0.2, 0.25) is 0 Å². The van der Waals surface area contributed by atoms with Gasteiger partial charge in [0.1, 0.15) is 0 Å². The molecule has 0 aliphatic heterocycles. The van der Waals surface area contributed by atoms with Gasteiger partial charge in [0.15, 0.2) is 0 Å². The fraction of sp³-hybridized carbons (Fsp3) is 0.500. The van der Waals surface area contributed by atoms with Crippen molar-refractivity contribution >= 4 is 10.2 Å². The fourth-order valence-electron chi connectivity index (χ4n) is 1.81. The quantitative estimate of drug-likeness (QED) is 0.581. The lowest BCUT2D eigenvalue weighted by atomic mass is 10.3. The van der Waals surface area contributed by atoms with Crippen LogP contribution in [0.1, 0.15) is 27.7 Å². The molecule has 0 heterocycles. The topological polar surface area (TPSA) is 40.6 Å². The Morgan fingerprint density at radius 2 is 0.857 bits per heavy atom. The zero-order chi connectivity index (χ0) is 16.8. The van der Waals surface area contributed by atoms with Gasteiger partial charge in [-0.3, -0.25) is 0 Å². The summed E-state index contributed by atoms with van der Waals surface area (Å²) in [5, 5.41) is 0. The van der Waals surface area contributed by atoms with Crippen molar-refractivity contribution in [3.63, 3.8) is 0 Å². The van der Waals surface area contributed by atoms with E-state index in [-0.39, 0.29) is 26.2 Å². The Morgan fingerprint density at radius 1 is 0.667 bits per heavy atom. The van der Waals surface area contributed by atoms with Gasteiger partial charge >= 0.3 is 0 Å². The van der Waals surface area contributed by atoms with Crippen molar-refractivity contribution < 1.29 is 8.42 Å². The molecule has 0 aliphatic rings. The summed E-state index contributed by atoms with van der Waals surface area (Å²) in [6.45, 7) is 23.6. The van der Waals surface area contributed by atoms with Crippen LogP contribution < -0.4 is 0 Å². The summed E-state index contributed by atoms with van der Waals surface area (Å²) in [5.41, 5.74) is 3.13. The highest BCUT2D eigenvalue weighted by Gasteiger charge is 2.29. The summed E-state index contributed by atoms with van der Waals surface area (Å²) in [6.07, 6.45) is 0. The predicted molar refractivity (Wildman–Crippen MR) is 91.3 cm³/mol. The molecule has 0 unspecified atom stereocenters. The largest absolute Gasteiger partial charge is 0.283 e. The third-order valence-corrected chi connectivity index (χ3v) is 4.26. The Morgan fingerprint density at radius 3 is 1.00 bits per heavy atom. The predicted octanol–water partition coefficient (Wildman–Crippen LogP) is 3.14. The van der Waals surface area contributed by atoms with E-state index in [0.717, 1.165) is 22.3 Å². The molecule has 0 radical (unpaired) electrons. The van der Waals surface area contributed by atoms with Crippen LogP contribution in [0, 0.1) is 0 Å². The smallest absolute Gasteiger partial charge is 0.195 e. The molecular formula is C16H28N2O2S. The van der Waals surface area contributed by atoms with Crippen molar-refractivity contribution in [3.8, 4) is 0 Å². The first-order valence-electron chi connectivity index (χ1n) is 6.79. The van der Waals surface area contributed by atoms with E-state index < -0.39 is 10.2 Å². The maximum Gasteiger partial charge on any atom is 0.283 e. The number of hydrogen-bond donors (Lipinski definition) is 0. The Labute approximate surface area is 130 Å². The van der Waals surface area contributed by atoms with E-state index in [4.69, 9.17) is 0 Å². The maximum absolute atomic E-state index is 12.9. The van der Waals surface area contributed by atoms with Crippen molar-refractivity contribution in [2.45, 2.75) is 27.7 Å². The molecule has 21 heavy (non-hydrogen) atoms. The lowest BCUT2D eigenvalue weighted by Gasteiger charge is -2.30. The molecule has 0 N–H and O–H groups in total. The molecule has 4 nitrogen and oxygen atoms in total. The molecular weight excluding hydrogens is 284 g/mol. The number of rotatable bonds is 10. The second-order valence-corrected chi connectivity index (χ2v) is 7.80. The van der Waals surface area contributed by atoms with E-state index in [9.17, 15) is 8.42 Å². The second kappa shape index (κ2) is 8.32. The van der Waals surface area contributed by atoms with Crippen LogP contribution >= 0.6 is 0 Å². The molecule has 0 saturated carbocycles. The van der Waals surface area contributed by atoms with Crippen LogP contribution in [0.5, 0.6) is 0 Å². The monoisotopic (exact) mass is 312 g/mol. The number of hydrogen-bond acceptors (Lipinski definition) is 2. The first-order chi connectivity index (χ1) is 9.46. The molecule has 0 atom stereocenters. The lowest BCUT2D eigenvalue weighted by Crippen LogP contribution is -2.46. The molecule has 0 rings (SSSR count). The van der Waals surface area contributed by atoms with Crippen LogP contribution in [0.3, 0.4) is 0 Å². The summed E-state index contributed by atoms with van der Waals surface area (Å²) >= 11 is 0. The van der Waals surface area contributed by atoms with Gasteiger partial charge in [-0.15, -0.1) is 0 Å². The van der Waals surface area contributed by atoms with Crippen molar-refractivity contribution in [3.05, 3.63) is 48.6 Å².